The smallest absolute Gasteiger partial charge is 0.115 e. The lowest BCUT2D eigenvalue weighted by molar-refractivity contribution is 0.250. The molecule has 21 heavy (non-hydrogen) atoms. The molecule has 1 saturated carbocycles. The van der Waals surface area contributed by atoms with E-state index in [9.17, 15) is 0 Å². The largest absolute Gasteiger partial charge is 0.399 e. The predicted octanol–water partition coefficient (Wildman–Crippen LogP) is 4.67. The number of nitrogens with two attached hydrogens (primary N) is 1. The van der Waals surface area contributed by atoms with Crippen molar-refractivity contribution in [2.45, 2.75) is 64.8 Å². The summed E-state index contributed by atoms with van der Waals surface area (Å²) in [5.74, 6) is 1.91. The lowest BCUT2D eigenvalue weighted by atomic mass is 9.84. The first kappa shape index (κ1) is 14.4. The topological polar surface area (TPSA) is 43.8 Å². The van der Waals surface area contributed by atoms with Gasteiger partial charge in [-0.1, -0.05) is 40.5 Å². The van der Waals surface area contributed by atoms with Crippen molar-refractivity contribution in [3.8, 4) is 0 Å². The number of hydrogen-bond donors (Lipinski definition) is 1. The van der Waals surface area contributed by atoms with Crippen LogP contribution in [0.5, 0.6) is 0 Å². The van der Waals surface area contributed by atoms with E-state index >= 15 is 0 Å². The average Bonchev–Trinajstić information content (AvgIpc) is 2.77. The summed E-state index contributed by atoms with van der Waals surface area (Å²) in [5, 5.41) is 0. The van der Waals surface area contributed by atoms with Crippen molar-refractivity contribution in [3.05, 3.63) is 24.0 Å². The van der Waals surface area contributed by atoms with Crippen molar-refractivity contribution >= 4 is 16.7 Å². The predicted molar refractivity (Wildman–Crippen MR) is 89.5 cm³/mol. The fourth-order valence-corrected chi connectivity index (χ4v) is 3.66. The number of aromatic nitrogens is 2. The summed E-state index contributed by atoms with van der Waals surface area (Å²) in [7, 11) is 0. The van der Waals surface area contributed by atoms with Crippen LogP contribution in [-0.2, 0) is 5.41 Å². The number of benzene rings is 1. The zero-order valence-corrected chi connectivity index (χ0v) is 13.7. The first-order chi connectivity index (χ1) is 9.88. The van der Waals surface area contributed by atoms with Crippen molar-refractivity contribution in [1.29, 1.82) is 0 Å². The summed E-state index contributed by atoms with van der Waals surface area (Å²) in [6.45, 7) is 9.14. The normalized spacial score (nSPS) is 23.6. The highest BCUT2D eigenvalue weighted by Crippen LogP contribution is 2.39. The molecule has 2 unspecified atom stereocenters. The molecule has 1 aromatic carbocycles. The Bertz CT molecular complexity index is 648. The van der Waals surface area contributed by atoms with Gasteiger partial charge < -0.3 is 10.3 Å². The van der Waals surface area contributed by atoms with Crippen LogP contribution in [-0.4, -0.2) is 9.55 Å². The van der Waals surface area contributed by atoms with E-state index in [2.05, 4.69) is 38.3 Å². The summed E-state index contributed by atoms with van der Waals surface area (Å²) in [6.07, 6.45) is 5.28. The van der Waals surface area contributed by atoms with Crippen LogP contribution in [0.4, 0.5) is 5.69 Å². The number of nitrogens with zero attached hydrogens (tertiary/aromatic N) is 2. The molecule has 1 aromatic heterocycles. The minimum atomic E-state index is 0.0466. The van der Waals surface area contributed by atoms with Crippen LogP contribution in [0.2, 0.25) is 0 Å². The maximum absolute atomic E-state index is 5.95. The molecule has 2 atom stereocenters. The minimum Gasteiger partial charge on any atom is -0.399 e. The van der Waals surface area contributed by atoms with Crippen LogP contribution in [0.25, 0.3) is 11.0 Å². The first-order valence-electron chi connectivity index (χ1n) is 8.16. The SMILES string of the molecule is CC1CCCCC1n1c(C(C)(C)C)nc2cc(N)ccc21. The van der Waals surface area contributed by atoms with Crippen molar-refractivity contribution in [1.82, 2.24) is 9.55 Å². The van der Waals surface area contributed by atoms with Gasteiger partial charge in [-0.25, -0.2) is 4.98 Å². The Morgan fingerprint density at radius 1 is 1.19 bits per heavy atom. The van der Waals surface area contributed by atoms with E-state index in [4.69, 9.17) is 10.7 Å². The quantitative estimate of drug-likeness (QED) is 0.774. The third-order valence-corrected chi connectivity index (χ3v) is 4.78. The molecule has 1 aliphatic rings. The van der Waals surface area contributed by atoms with Gasteiger partial charge in [-0.3, -0.25) is 0 Å². The van der Waals surface area contributed by atoms with Gasteiger partial charge in [-0.2, -0.15) is 0 Å². The molecule has 0 saturated heterocycles. The van der Waals surface area contributed by atoms with Gasteiger partial charge in [-0.05, 0) is 37.0 Å². The second kappa shape index (κ2) is 5.04. The summed E-state index contributed by atoms with van der Waals surface area (Å²) >= 11 is 0. The van der Waals surface area contributed by atoms with Crippen LogP contribution in [0, 0.1) is 5.92 Å². The Labute approximate surface area is 127 Å². The highest BCUT2D eigenvalue weighted by molar-refractivity contribution is 5.80. The van der Waals surface area contributed by atoms with E-state index in [0.29, 0.717) is 6.04 Å². The standard InChI is InChI=1S/C18H27N3/c1-12-7-5-6-8-15(12)21-16-10-9-13(19)11-14(16)20-17(21)18(2,3)4/h9-12,15H,5-8,19H2,1-4H3. The summed E-state index contributed by atoms with van der Waals surface area (Å²) in [5.41, 5.74) is 9.07. The number of hydrogen-bond acceptors (Lipinski definition) is 2. The lowest BCUT2D eigenvalue weighted by Gasteiger charge is -2.34. The Balaban J connectivity index is 2.22. The van der Waals surface area contributed by atoms with Crippen LogP contribution >= 0.6 is 0 Å². The molecule has 2 aromatic rings. The second-order valence-electron chi connectivity index (χ2n) is 7.63. The molecule has 2 N–H and O–H groups in total. The highest BCUT2D eigenvalue weighted by Gasteiger charge is 2.30. The molecule has 0 aliphatic heterocycles. The van der Waals surface area contributed by atoms with Crippen molar-refractivity contribution in [2.75, 3.05) is 5.73 Å². The molecule has 0 radical (unpaired) electrons. The van der Waals surface area contributed by atoms with E-state index < -0.39 is 0 Å². The van der Waals surface area contributed by atoms with Crippen LogP contribution < -0.4 is 5.73 Å². The van der Waals surface area contributed by atoms with Gasteiger partial charge in [-0.15, -0.1) is 0 Å². The van der Waals surface area contributed by atoms with Crippen molar-refractivity contribution in [2.24, 2.45) is 5.92 Å². The number of nitrogen functional groups attached to an aromatic ring is 1. The molecule has 1 heterocycles. The van der Waals surface area contributed by atoms with Crippen molar-refractivity contribution in [3.63, 3.8) is 0 Å². The van der Waals surface area contributed by atoms with Gasteiger partial charge in [0.2, 0.25) is 0 Å². The molecule has 3 rings (SSSR count). The third-order valence-electron chi connectivity index (χ3n) is 4.78. The number of fused-ring (bicyclic) bond motifs is 1. The Kier molecular flexibility index (Phi) is 3.46. The lowest BCUT2D eigenvalue weighted by Crippen LogP contribution is -2.27. The molecule has 3 nitrogen and oxygen atoms in total. The number of rotatable bonds is 1. The third kappa shape index (κ3) is 2.54. The van der Waals surface area contributed by atoms with Gasteiger partial charge >= 0.3 is 0 Å². The van der Waals surface area contributed by atoms with Crippen LogP contribution in [0.3, 0.4) is 0 Å². The molecular weight excluding hydrogens is 258 g/mol. The van der Waals surface area contributed by atoms with Gasteiger partial charge in [0.1, 0.15) is 5.82 Å². The van der Waals surface area contributed by atoms with Crippen LogP contribution in [0.1, 0.15) is 65.2 Å². The molecular formula is C18H27N3. The van der Waals surface area contributed by atoms with Crippen LogP contribution in [0.15, 0.2) is 18.2 Å². The van der Waals surface area contributed by atoms with E-state index in [1.165, 1.54) is 37.0 Å². The Hall–Kier alpha value is -1.51. The molecule has 0 amide bonds. The van der Waals surface area contributed by atoms with Crippen molar-refractivity contribution < 1.29 is 0 Å². The first-order valence-corrected chi connectivity index (χ1v) is 8.16. The van der Waals surface area contributed by atoms with Gasteiger partial charge in [0.05, 0.1) is 11.0 Å². The molecule has 1 aliphatic carbocycles. The second-order valence-corrected chi connectivity index (χ2v) is 7.63. The Morgan fingerprint density at radius 3 is 2.57 bits per heavy atom. The van der Waals surface area contributed by atoms with E-state index in [1.54, 1.807) is 0 Å². The van der Waals surface area contributed by atoms with E-state index in [-0.39, 0.29) is 5.41 Å². The van der Waals surface area contributed by atoms with E-state index in [1.807, 2.05) is 12.1 Å². The van der Waals surface area contributed by atoms with Gasteiger partial charge in [0.15, 0.2) is 0 Å². The number of imidazole rings is 1. The van der Waals surface area contributed by atoms with E-state index in [0.717, 1.165) is 17.1 Å². The molecule has 0 bridgehead atoms. The maximum Gasteiger partial charge on any atom is 0.115 e. The van der Waals surface area contributed by atoms with Gasteiger partial charge in [0.25, 0.3) is 0 Å². The molecule has 114 valence electrons. The maximum atomic E-state index is 5.95. The minimum absolute atomic E-state index is 0.0466. The number of anilines is 1. The molecule has 3 heteroatoms. The summed E-state index contributed by atoms with van der Waals surface area (Å²) in [4.78, 5) is 4.94. The zero-order valence-electron chi connectivity index (χ0n) is 13.7. The summed E-state index contributed by atoms with van der Waals surface area (Å²) in [6, 6.07) is 6.73. The Morgan fingerprint density at radius 2 is 1.90 bits per heavy atom. The molecule has 0 spiro atoms. The zero-order chi connectivity index (χ0) is 15.2. The monoisotopic (exact) mass is 285 g/mol. The fraction of sp³-hybridized carbons (Fsp3) is 0.611. The average molecular weight is 285 g/mol. The molecule has 1 fully saturated rings. The summed E-state index contributed by atoms with van der Waals surface area (Å²) < 4.78 is 2.51. The highest BCUT2D eigenvalue weighted by atomic mass is 15.1. The van der Waals surface area contributed by atoms with Gasteiger partial charge in [0, 0.05) is 17.1 Å². The fourth-order valence-electron chi connectivity index (χ4n) is 3.66.